The van der Waals surface area contributed by atoms with E-state index in [-0.39, 0.29) is 10.3 Å². The second-order valence-electron chi connectivity index (χ2n) is 5.29. The van der Waals surface area contributed by atoms with Crippen LogP contribution >= 0.6 is 0 Å². The first-order chi connectivity index (χ1) is 6.28. The quantitative estimate of drug-likeness (QED) is 0.780. The summed E-state index contributed by atoms with van der Waals surface area (Å²) < 4.78 is 20.1. The molecule has 0 aromatic heterocycles. The normalized spacial score (nSPS) is 23.3. The van der Waals surface area contributed by atoms with E-state index in [1.54, 1.807) is 0 Å². The maximum absolute atomic E-state index is 11.9. The van der Waals surface area contributed by atoms with Crippen LogP contribution in [0, 0.1) is 5.92 Å². The SMILES string of the molecule is CC(C)C1(NS(=O)C(C)(C)C)COC1. The highest BCUT2D eigenvalue weighted by molar-refractivity contribution is 7.84. The first kappa shape index (κ1) is 12.1. The fourth-order valence-electron chi connectivity index (χ4n) is 1.17. The zero-order valence-corrected chi connectivity index (χ0v) is 10.5. The second kappa shape index (κ2) is 3.91. The van der Waals surface area contributed by atoms with Gasteiger partial charge in [-0.05, 0) is 26.7 Å². The third-order valence-corrected chi connectivity index (χ3v) is 4.38. The van der Waals surface area contributed by atoms with Gasteiger partial charge < -0.3 is 4.74 Å². The van der Waals surface area contributed by atoms with Crippen molar-refractivity contribution in [1.29, 1.82) is 0 Å². The highest BCUT2D eigenvalue weighted by Crippen LogP contribution is 2.27. The summed E-state index contributed by atoms with van der Waals surface area (Å²) in [4.78, 5) is 0. The maximum atomic E-state index is 11.9. The van der Waals surface area contributed by atoms with E-state index in [1.165, 1.54) is 0 Å². The average Bonchev–Trinajstić information content (AvgIpc) is 1.93. The lowest BCUT2D eigenvalue weighted by Crippen LogP contribution is -2.65. The highest BCUT2D eigenvalue weighted by Gasteiger charge is 2.44. The topological polar surface area (TPSA) is 38.3 Å². The summed E-state index contributed by atoms with van der Waals surface area (Å²) in [6, 6.07) is 0. The van der Waals surface area contributed by atoms with E-state index in [1.807, 2.05) is 20.8 Å². The molecule has 1 aliphatic heterocycles. The molecule has 0 aliphatic carbocycles. The Bertz CT molecular complexity index is 229. The molecule has 1 heterocycles. The van der Waals surface area contributed by atoms with Gasteiger partial charge in [-0.2, -0.15) is 0 Å². The van der Waals surface area contributed by atoms with Gasteiger partial charge in [-0.3, -0.25) is 0 Å². The molecule has 1 fully saturated rings. The monoisotopic (exact) mass is 219 g/mol. The predicted octanol–water partition coefficient (Wildman–Crippen LogP) is 1.46. The highest BCUT2D eigenvalue weighted by atomic mass is 32.2. The van der Waals surface area contributed by atoms with Crippen LogP contribution in [0.25, 0.3) is 0 Å². The third-order valence-electron chi connectivity index (χ3n) is 2.68. The number of rotatable bonds is 3. The molecule has 0 radical (unpaired) electrons. The first-order valence-electron chi connectivity index (χ1n) is 5.05. The molecule has 0 aromatic rings. The van der Waals surface area contributed by atoms with Crippen molar-refractivity contribution in [1.82, 2.24) is 4.72 Å². The van der Waals surface area contributed by atoms with Crippen molar-refractivity contribution >= 4 is 11.0 Å². The van der Waals surface area contributed by atoms with E-state index in [2.05, 4.69) is 18.6 Å². The van der Waals surface area contributed by atoms with Gasteiger partial charge in [-0.25, -0.2) is 8.93 Å². The average molecular weight is 219 g/mol. The van der Waals surface area contributed by atoms with E-state index >= 15 is 0 Å². The third kappa shape index (κ3) is 2.35. The van der Waals surface area contributed by atoms with Gasteiger partial charge in [-0.1, -0.05) is 13.8 Å². The van der Waals surface area contributed by atoms with Crippen molar-refractivity contribution < 1.29 is 8.95 Å². The van der Waals surface area contributed by atoms with Crippen LogP contribution in [0.4, 0.5) is 0 Å². The Kier molecular flexibility index (Phi) is 3.39. The van der Waals surface area contributed by atoms with Gasteiger partial charge in [0.2, 0.25) is 0 Å². The molecule has 1 saturated heterocycles. The molecule has 4 heteroatoms. The molecular weight excluding hydrogens is 198 g/mol. The zero-order chi connectivity index (χ0) is 11.0. The molecule has 1 unspecified atom stereocenters. The molecule has 84 valence electrons. The summed E-state index contributed by atoms with van der Waals surface area (Å²) >= 11 is 0. The van der Waals surface area contributed by atoms with Gasteiger partial charge in [0.05, 0.1) is 34.5 Å². The van der Waals surface area contributed by atoms with Crippen LogP contribution in [-0.2, 0) is 15.7 Å². The van der Waals surface area contributed by atoms with Gasteiger partial charge in [0.25, 0.3) is 0 Å². The molecule has 0 saturated carbocycles. The summed E-state index contributed by atoms with van der Waals surface area (Å²) in [5, 5.41) is 0. The smallest absolute Gasteiger partial charge is 0.0977 e. The van der Waals surface area contributed by atoms with E-state index in [9.17, 15) is 4.21 Å². The fourth-order valence-corrected chi connectivity index (χ4v) is 2.20. The van der Waals surface area contributed by atoms with Crippen molar-refractivity contribution in [2.24, 2.45) is 5.92 Å². The summed E-state index contributed by atoms with van der Waals surface area (Å²) in [6.45, 7) is 11.5. The Morgan fingerprint density at radius 2 is 1.86 bits per heavy atom. The van der Waals surface area contributed by atoms with Crippen LogP contribution in [0.3, 0.4) is 0 Å². The molecule has 14 heavy (non-hydrogen) atoms. The molecule has 1 N–H and O–H groups in total. The van der Waals surface area contributed by atoms with Crippen molar-refractivity contribution in [2.75, 3.05) is 13.2 Å². The molecule has 0 spiro atoms. The zero-order valence-electron chi connectivity index (χ0n) is 9.72. The van der Waals surface area contributed by atoms with Crippen LogP contribution in [-0.4, -0.2) is 27.7 Å². The summed E-state index contributed by atoms with van der Waals surface area (Å²) in [5.74, 6) is 0.447. The van der Waals surface area contributed by atoms with Crippen LogP contribution in [0.2, 0.25) is 0 Å². The van der Waals surface area contributed by atoms with E-state index in [0.717, 1.165) is 0 Å². The Morgan fingerprint density at radius 1 is 1.36 bits per heavy atom. The van der Waals surface area contributed by atoms with Crippen molar-refractivity contribution in [3.05, 3.63) is 0 Å². The van der Waals surface area contributed by atoms with Crippen LogP contribution < -0.4 is 4.72 Å². The van der Waals surface area contributed by atoms with Crippen molar-refractivity contribution in [3.8, 4) is 0 Å². The van der Waals surface area contributed by atoms with Gasteiger partial charge in [0.15, 0.2) is 0 Å². The summed E-state index contributed by atoms with van der Waals surface area (Å²) in [6.07, 6.45) is 0. The van der Waals surface area contributed by atoms with E-state index < -0.39 is 11.0 Å². The minimum absolute atomic E-state index is 0.0713. The van der Waals surface area contributed by atoms with E-state index in [4.69, 9.17) is 4.74 Å². The molecule has 1 atom stereocenters. The van der Waals surface area contributed by atoms with Gasteiger partial charge in [-0.15, -0.1) is 0 Å². The summed E-state index contributed by atoms with van der Waals surface area (Å²) in [7, 11) is -1.01. The molecule has 3 nitrogen and oxygen atoms in total. The van der Waals surface area contributed by atoms with Crippen molar-refractivity contribution in [2.45, 2.75) is 44.9 Å². The number of hydrogen-bond donors (Lipinski definition) is 1. The maximum Gasteiger partial charge on any atom is 0.0977 e. The fraction of sp³-hybridized carbons (Fsp3) is 1.00. The predicted molar refractivity (Wildman–Crippen MR) is 59.4 cm³/mol. The molecule has 0 bridgehead atoms. The lowest BCUT2D eigenvalue weighted by Gasteiger charge is -2.46. The number of nitrogens with one attached hydrogen (secondary N) is 1. The Labute approximate surface area is 89.2 Å². The minimum atomic E-state index is -1.01. The Hall–Kier alpha value is 0.0700. The lowest BCUT2D eigenvalue weighted by atomic mass is 9.86. The van der Waals surface area contributed by atoms with Crippen LogP contribution in [0.5, 0.6) is 0 Å². The first-order valence-corrected chi connectivity index (χ1v) is 6.20. The number of hydrogen-bond acceptors (Lipinski definition) is 2. The lowest BCUT2D eigenvalue weighted by molar-refractivity contribution is -0.0849. The van der Waals surface area contributed by atoms with Crippen LogP contribution in [0.1, 0.15) is 34.6 Å². The molecule has 0 aromatic carbocycles. The minimum Gasteiger partial charge on any atom is -0.377 e. The molecule has 1 rings (SSSR count). The second-order valence-corrected chi connectivity index (χ2v) is 7.25. The van der Waals surface area contributed by atoms with Gasteiger partial charge in [0, 0.05) is 0 Å². The molecule has 0 amide bonds. The van der Waals surface area contributed by atoms with E-state index in [0.29, 0.717) is 19.1 Å². The molecule has 1 aliphatic rings. The van der Waals surface area contributed by atoms with Crippen LogP contribution in [0.15, 0.2) is 0 Å². The van der Waals surface area contributed by atoms with Crippen molar-refractivity contribution in [3.63, 3.8) is 0 Å². The standard InChI is InChI=1S/C10H21NO2S/c1-8(2)10(6-13-7-10)11-14(12)9(3,4)5/h8,11H,6-7H2,1-5H3. The van der Waals surface area contributed by atoms with Gasteiger partial charge >= 0.3 is 0 Å². The molecular formula is C10H21NO2S. The largest absolute Gasteiger partial charge is 0.377 e. The Balaban J connectivity index is 2.62. The Morgan fingerprint density at radius 3 is 2.07 bits per heavy atom. The summed E-state index contributed by atoms with van der Waals surface area (Å²) in [5.41, 5.74) is -0.0713. The van der Waals surface area contributed by atoms with Gasteiger partial charge in [0.1, 0.15) is 0 Å². The number of ether oxygens (including phenoxy) is 1.